The normalized spacial score (nSPS) is 10.2. The van der Waals surface area contributed by atoms with Gasteiger partial charge in [0.2, 0.25) is 5.91 Å². The van der Waals surface area contributed by atoms with E-state index >= 15 is 0 Å². The lowest BCUT2D eigenvalue weighted by Gasteiger charge is -2.09. The topological polar surface area (TPSA) is 59.6 Å². The first-order valence-corrected chi connectivity index (χ1v) is 7.21. The molecule has 5 nitrogen and oxygen atoms in total. The van der Waals surface area contributed by atoms with Gasteiger partial charge in [-0.25, -0.2) is 4.39 Å². The largest absolute Gasteiger partial charge is 0.497 e. The van der Waals surface area contributed by atoms with Crippen molar-refractivity contribution in [3.05, 3.63) is 54.3 Å². The Labute approximate surface area is 134 Å². The zero-order chi connectivity index (χ0) is 16.5. The van der Waals surface area contributed by atoms with E-state index in [1.54, 1.807) is 19.2 Å². The highest BCUT2D eigenvalue weighted by Gasteiger charge is 2.05. The molecule has 0 heterocycles. The summed E-state index contributed by atoms with van der Waals surface area (Å²) in [4.78, 5) is 11.7. The molecule has 23 heavy (non-hydrogen) atoms. The third-order valence-electron chi connectivity index (χ3n) is 3.04. The van der Waals surface area contributed by atoms with Crippen LogP contribution in [-0.4, -0.2) is 32.7 Å². The Morgan fingerprint density at radius 1 is 1.09 bits per heavy atom. The molecule has 2 N–H and O–H groups in total. The summed E-state index contributed by atoms with van der Waals surface area (Å²) >= 11 is 0. The van der Waals surface area contributed by atoms with Gasteiger partial charge in [-0.1, -0.05) is 12.1 Å². The summed E-state index contributed by atoms with van der Waals surface area (Å²) in [5.74, 6) is 0.729. The lowest BCUT2D eigenvalue weighted by Crippen LogP contribution is -2.31. The standard InChI is InChI=1S/C17H19FN2O3/c1-22-13-6-8-14(9-7-13)23-11-10-19-12-17(21)20-16-5-3-2-4-15(16)18/h2-9,19H,10-12H2,1H3,(H,20,21). The summed E-state index contributed by atoms with van der Waals surface area (Å²) in [5, 5.41) is 5.43. The molecule has 0 atom stereocenters. The second-order valence-corrected chi connectivity index (χ2v) is 4.73. The minimum Gasteiger partial charge on any atom is -0.497 e. The number of halogens is 1. The van der Waals surface area contributed by atoms with Gasteiger partial charge in [0.05, 0.1) is 19.3 Å². The van der Waals surface area contributed by atoms with E-state index in [-0.39, 0.29) is 18.1 Å². The molecule has 0 saturated heterocycles. The van der Waals surface area contributed by atoms with Gasteiger partial charge >= 0.3 is 0 Å². The van der Waals surface area contributed by atoms with Gasteiger partial charge in [0.15, 0.2) is 0 Å². The van der Waals surface area contributed by atoms with Gasteiger partial charge < -0.3 is 20.1 Å². The first-order valence-electron chi connectivity index (χ1n) is 7.21. The number of carbonyl (C=O) groups excluding carboxylic acids is 1. The number of ether oxygens (including phenoxy) is 2. The maximum Gasteiger partial charge on any atom is 0.238 e. The number of anilines is 1. The average Bonchev–Trinajstić information content (AvgIpc) is 2.57. The van der Waals surface area contributed by atoms with E-state index in [9.17, 15) is 9.18 Å². The number of para-hydroxylation sites is 1. The molecule has 6 heteroatoms. The monoisotopic (exact) mass is 318 g/mol. The van der Waals surface area contributed by atoms with Crippen molar-refractivity contribution >= 4 is 11.6 Å². The second kappa shape index (κ2) is 8.75. The van der Waals surface area contributed by atoms with E-state index in [1.807, 2.05) is 24.3 Å². The molecule has 2 rings (SSSR count). The van der Waals surface area contributed by atoms with Crippen LogP contribution in [0.4, 0.5) is 10.1 Å². The summed E-state index contributed by atoms with van der Waals surface area (Å²) in [5.41, 5.74) is 0.175. The number of nitrogens with one attached hydrogen (secondary N) is 2. The van der Waals surface area contributed by atoms with E-state index in [4.69, 9.17) is 9.47 Å². The van der Waals surface area contributed by atoms with Gasteiger partial charge in [-0.15, -0.1) is 0 Å². The van der Waals surface area contributed by atoms with Gasteiger partial charge in [-0.2, -0.15) is 0 Å². The fraction of sp³-hybridized carbons (Fsp3) is 0.235. The van der Waals surface area contributed by atoms with E-state index in [0.717, 1.165) is 11.5 Å². The van der Waals surface area contributed by atoms with Crippen LogP contribution >= 0.6 is 0 Å². The van der Waals surface area contributed by atoms with Crippen LogP contribution in [0.15, 0.2) is 48.5 Å². The minimum absolute atomic E-state index is 0.0836. The first-order chi connectivity index (χ1) is 11.2. The van der Waals surface area contributed by atoms with E-state index in [0.29, 0.717) is 13.2 Å². The maximum absolute atomic E-state index is 13.4. The Balaban J connectivity index is 1.63. The van der Waals surface area contributed by atoms with Crippen molar-refractivity contribution in [3.63, 3.8) is 0 Å². The number of hydrogen-bond donors (Lipinski definition) is 2. The fourth-order valence-corrected chi connectivity index (χ4v) is 1.87. The third kappa shape index (κ3) is 5.60. The third-order valence-corrected chi connectivity index (χ3v) is 3.04. The van der Waals surface area contributed by atoms with Crippen molar-refractivity contribution < 1.29 is 18.7 Å². The molecule has 0 aliphatic carbocycles. The Kier molecular flexibility index (Phi) is 6.38. The first kappa shape index (κ1) is 16.8. The molecule has 0 spiro atoms. The smallest absolute Gasteiger partial charge is 0.238 e. The number of benzene rings is 2. The Morgan fingerprint density at radius 3 is 2.48 bits per heavy atom. The summed E-state index contributed by atoms with van der Waals surface area (Å²) in [6.07, 6.45) is 0. The number of rotatable bonds is 8. The zero-order valence-corrected chi connectivity index (χ0v) is 12.8. The molecule has 122 valence electrons. The Bertz CT molecular complexity index is 632. The molecule has 2 aromatic rings. The van der Waals surface area contributed by atoms with Gasteiger partial charge in [-0.05, 0) is 36.4 Å². The predicted molar refractivity (Wildman–Crippen MR) is 86.4 cm³/mol. The van der Waals surface area contributed by atoms with Crippen molar-refractivity contribution in [2.24, 2.45) is 0 Å². The minimum atomic E-state index is -0.455. The SMILES string of the molecule is COc1ccc(OCCNCC(=O)Nc2ccccc2F)cc1. The number of hydrogen-bond acceptors (Lipinski definition) is 4. The molecule has 0 radical (unpaired) electrons. The summed E-state index contributed by atoms with van der Waals surface area (Å²) in [6.45, 7) is 0.996. The van der Waals surface area contributed by atoms with Crippen molar-refractivity contribution in [3.8, 4) is 11.5 Å². The van der Waals surface area contributed by atoms with E-state index in [1.165, 1.54) is 12.1 Å². The van der Waals surface area contributed by atoms with Crippen molar-refractivity contribution in [2.45, 2.75) is 0 Å². The molecule has 0 fully saturated rings. The summed E-state index contributed by atoms with van der Waals surface area (Å²) in [6, 6.07) is 13.3. The van der Waals surface area contributed by atoms with Crippen molar-refractivity contribution in [1.82, 2.24) is 5.32 Å². The highest BCUT2D eigenvalue weighted by molar-refractivity contribution is 5.92. The maximum atomic E-state index is 13.4. The lowest BCUT2D eigenvalue weighted by atomic mass is 10.3. The Morgan fingerprint density at radius 2 is 1.78 bits per heavy atom. The van der Waals surface area contributed by atoms with Crippen molar-refractivity contribution in [1.29, 1.82) is 0 Å². The van der Waals surface area contributed by atoms with Gasteiger partial charge in [0.25, 0.3) is 0 Å². The molecule has 0 saturated carbocycles. The van der Waals surface area contributed by atoms with E-state index in [2.05, 4.69) is 10.6 Å². The van der Waals surface area contributed by atoms with Crippen LogP contribution in [0.5, 0.6) is 11.5 Å². The number of methoxy groups -OCH3 is 1. The highest BCUT2D eigenvalue weighted by Crippen LogP contribution is 2.16. The van der Waals surface area contributed by atoms with Crippen LogP contribution in [-0.2, 0) is 4.79 Å². The molecule has 0 aliphatic rings. The van der Waals surface area contributed by atoms with Gasteiger partial charge in [-0.3, -0.25) is 4.79 Å². The lowest BCUT2D eigenvalue weighted by molar-refractivity contribution is -0.115. The summed E-state index contributed by atoms with van der Waals surface area (Å²) in [7, 11) is 1.60. The van der Waals surface area contributed by atoms with Crippen molar-refractivity contribution in [2.75, 3.05) is 32.1 Å². The van der Waals surface area contributed by atoms with Crippen LogP contribution in [0.2, 0.25) is 0 Å². The quantitative estimate of drug-likeness (QED) is 0.734. The molecule has 1 amide bonds. The molecule has 0 aliphatic heterocycles. The molecule has 0 bridgehead atoms. The zero-order valence-electron chi connectivity index (χ0n) is 12.8. The van der Waals surface area contributed by atoms with Crippen LogP contribution in [0.1, 0.15) is 0 Å². The number of carbonyl (C=O) groups is 1. The van der Waals surface area contributed by atoms with Crippen LogP contribution < -0.4 is 20.1 Å². The molecular weight excluding hydrogens is 299 g/mol. The van der Waals surface area contributed by atoms with Crippen LogP contribution in [0.3, 0.4) is 0 Å². The van der Waals surface area contributed by atoms with Crippen LogP contribution in [0, 0.1) is 5.82 Å². The van der Waals surface area contributed by atoms with E-state index < -0.39 is 5.82 Å². The fourth-order valence-electron chi connectivity index (χ4n) is 1.87. The molecular formula is C17H19FN2O3. The second-order valence-electron chi connectivity index (χ2n) is 4.73. The van der Waals surface area contributed by atoms with Gasteiger partial charge in [0, 0.05) is 6.54 Å². The van der Waals surface area contributed by atoms with Crippen LogP contribution in [0.25, 0.3) is 0 Å². The Hall–Kier alpha value is -2.60. The average molecular weight is 318 g/mol. The molecule has 0 unspecified atom stereocenters. The molecule has 2 aromatic carbocycles. The predicted octanol–water partition coefficient (Wildman–Crippen LogP) is 2.44. The summed E-state index contributed by atoms with van der Waals surface area (Å²) < 4.78 is 23.9. The highest BCUT2D eigenvalue weighted by atomic mass is 19.1. The number of amides is 1. The molecule has 0 aromatic heterocycles. The van der Waals surface area contributed by atoms with Gasteiger partial charge in [0.1, 0.15) is 23.9 Å².